The van der Waals surface area contributed by atoms with Gasteiger partial charge in [-0.15, -0.1) is 0 Å². The van der Waals surface area contributed by atoms with Crippen LogP contribution in [0.3, 0.4) is 0 Å². The van der Waals surface area contributed by atoms with Crippen molar-refractivity contribution < 1.29 is 9.53 Å². The third-order valence-corrected chi connectivity index (χ3v) is 6.62. The Hall–Kier alpha value is -3.54. The van der Waals surface area contributed by atoms with E-state index in [-0.39, 0.29) is 5.97 Å². The van der Waals surface area contributed by atoms with Crippen LogP contribution in [0.15, 0.2) is 48.7 Å². The fourth-order valence-electron chi connectivity index (χ4n) is 5.25. The molecule has 0 spiro atoms. The van der Waals surface area contributed by atoms with Crippen LogP contribution in [0.5, 0.6) is 0 Å². The molecule has 154 valence electrons. The highest BCUT2D eigenvalue weighted by Gasteiger charge is 2.41. The number of carbonyl (C=O) groups is 1. The molecule has 1 aromatic carbocycles. The van der Waals surface area contributed by atoms with E-state index in [2.05, 4.69) is 15.6 Å². The predicted octanol–water partition coefficient (Wildman–Crippen LogP) is 5.08. The van der Waals surface area contributed by atoms with E-state index >= 15 is 0 Å². The molecule has 2 aliphatic rings. The average Bonchev–Trinajstić information content (AvgIpc) is 3.50. The number of imidazole rings is 1. The number of fused-ring (bicyclic) bond motifs is 6. The lowest BCUT2D eigenvalue weighted by atomic mass is 10.0. The Morgan fingerprint density at radius 2 is 2.03 bits per heavy atom. The second kappa shape index (κ2) is 6.74. The van der Waals surface area contributed by atoms with Gasteiger partial charge in [0.05, 0.1) is 29.6 Å². The number of pyridine rings is 2. The van der Waals surface area contributed by atoms with Gasteiger partial charge in [-0.1, -0.05) is 12.1 Å². The largest absolute Gasteiger partial charge is 0.465 e. The minimum Gasteiger partial charge on any atom is -0.465 e. The summed E-state index contributed by atoms with van der Waals surface area (Å²) in [4.78, 5) is 26.7. The van der Waals surface area contributed by atoms with Gasteiger partial charge in [0.1, 0.15) is 11.5 Å². The van der Waals surface area contributed by atoms with Crippen molar-refractivity contribution in [3.63, 3.8) is 0 Å². The number of ether oxygens (including phenoxy) is 1. The Bertz CT molecular complexity index is 1360. The first-order valence-corrected chi connectivity index (χ1v) is 10.7. The van der Waals surface area contributed by atoms with Gasteiger partial charge in [0, 0.05) is 34.8 Å². The molecule has 1 saturated carbocycles. The van der Waals surface area contributed by atoms with Crippen molar-refractivity contribution >= 4 is 16.9 Å². The smallest absolute Gasteiger partial charge is 0.338 e. The lowest BCUT2D eigenvalue weighted by molar-refractivity contribution is 0.0603. The van der Waals surface area contributed by atoms with Crippen molar-refractivity contribution in [3.05, 3.63) is 65.7 Å². The number of methoxy groups -OCH3 is 1. The number of hydrogen-bond acceptors (Lipinski definition) is 5. The van der Waals surface area contributed by atoms with Crippen LogP contribution < -0.4 is 0 Å². The summed E-state index contributed by atoms with van der Waals surface area (Å²) in [6.45, 7) is 2.00. The van der Waals surface area contributed by atoms with Crippen LogP contribution in [0, 0.1) is 6.92 Å². The van der Waals surface area contributed by atoms with Crippen molar-refractivity contribution in [1.82, 2.24) is 19.5 Å². The fraction of sp³-hybridized carbons (Fsp3) is 0.280. The molecular weight excluding hydrogens is 388 g/mol. The first-order chi connectivity index (χ1) is 15.1. The first-order valence-electron chi connectivity index (χ1n) is 10.7. The molecule has 0 unspecified atom stereocenters. The zero-order chi connectivity index (χ0) is 21.1. The highest BCUT2D eigenvalue weighted by molar-refractivity contribution is 6.04. The van der Waals surface area contributed by atoms with E-state index in [1.807, 2.05) is 37.3 Å². The van der Waals surface area contributed by atoms with Gasteiger partial charge in [0.25, 0.3) is 0 Å². The normalized spacial score (nSPS) is 19.0. The summed E-state index contributed by atoms with van der Waals surface area (Å²) in [7, 11) is 1.40. The summed E-state index contributed by atoms with van der Waals surface area (Å²) in [6.07, 6.45) is 5.20. The Balaban J connectivity index is 1.62. The molecule has 6 nitrogen and oxygen atoms in total. The minimum atomic E-state index is -0.359. The lowest BCUT2D eigenvalue weighted by Crippen LogP contribution is -2.08. The van der Waals surface area contributed by atoms with E-state index in [0.717, 1.165) is 39.2 Å². The average molecular weight is 410 g/mol. The molecule has 3 aromatic heterocycles. The van der Waals surface area contributed by atoms with Crippen LogP contribution >= 0.6 is 0 Å². The zero-order valence-corrected chi connectivity index (χ0v) is 17.5. The molecule has 1 fully saturated rings. The topological polar surface area (TPSA) is 69.9 Å². The van der Waals surface area contributed by atoms with Crippen LogP contribution in [-0.4, -0.2) is 32.6 Å². The standard InChI is InChI=1S/C25H22N4O2/c1-14-4-3-5-21(27-14)22-23(29-17-8-6-16(12-17)24(29)28-22)15-7-9-20-19(13-15)18(10-11-26-20)25(30)31-2/h3-5,7,9-11,13,16-17H,6,8,12H2,1-2H3/t16-,17+/m1/s1. The summed E-state index contributed by atoms with van der Waals surface area (Å²) in [5, 5.41) is 0.786. The van der Waals surface area contributed by atoms with Crippen LogP contribution in [-0.2, 0) is 4.74 Å². The number of rotatable bonds is 3. The van der Waals surface area contributed by atoms with E-state index < -0.39 is 0 Å². The van der Waals surface area contributed by atoms with Gasteiger partial charge in [-0.05, 0) is 56.5 Å². The third kappa shape index (κ3) is 2.71. The van der Waals surface area contributed by atoms with Gasteiger partial charge in [-0.2, -0.15) is 0 Å². The summed E-state index contributed by atoms with van der Waals surface area (Å²) in [5.41, 5.74) is 6.16. The summed E-state index contributed by atoms with van der Waals surface area (Å²) >= 11 is 0. The van der Waals surface area contributed by atoms with Crippen LogP contribution in [0.4, 0.5) is 0 Å². The van der Waals surface area contributed by atoms with Crippen molar-refractivity contribution in [2.45, 2.75) is 38.1 Å². The zero-order valence-electron chi connectivity index (χ0n) is 17.5. The molecule has 1 aliphatic carbocycles. The SMILES string of the molecule is COC(=O)c1ccnc2ccc(-c3c(-c4cccc(C)n4)nc4n3[C@H]3CC[C@@H]4C3)cc12. The maximum atomic E-state index is 12.4. The summed E-state index contributed by atoms with van der Waals surface area (Å²) < 4.78 is 7.42. The molecule has 0 radical (unpaired) electrons. The number of nitrogens with zero attached hydrogens (tertiary/aromatic N) is 4. The molecule has 4 aromatic rings. The lowest BCUT2D eigenvalue weighted by Gasteiger charge is -2.18. The Morgan fingerprint density at radius 1 is 1.13 bits per heavy atom. The molecule has 31 heavy (non-hydrogen) atoms. The maximum absolute atomic E-state index is 12.4. The number of benzene rings is 1. The van der Waals surface area contributed by atoms with Crippen LogP contribution in [0.2, 0.25) is 0 Å². The number of aryl methyl sites for hydroxylation is 1. The molecule has 2 bridgehead atoms. The molecule has 0 amide bonds. The van der Waals surface area contributed by atoms with Gasteiger partial charge in [0.2, 0.25) is 0 Å². The van der Waals surface area contributed by atoms with Crippen molar-refractivity contribution in [1.29, 1.82) is 0 Å². The predicted molar refractivity (Wildman–Crippen MR) is 118 cm³/mol. The number of esters is 1. The molecular formula is C25H22N4O2. The maximum Gasteiger partial charge on any atom is 0.338 e. The van der Waals surface area contributed by atoms with E-state index in [1.165, 1.54) is 32.2 Å². The molecule has 6 heteroatoms. The minimum absolute atomic E-state index is 0.359. The number of hydrogen-bond donors (Lipinski definition) is 0. The van der Waals surface area contributed by atoms with Crippen LogP contribution in [0.25, 0.3) is 33.5 Å². The van der Waals surface area contributed by atoms with Gasteiger partial charge in [-0.3, -0.25) is 9.97 Å². The highest BCUT2D eigenvalue weighted by atomic mass is 16.5. The molecule has 6 rings (SSSR count). The van der Waals surface area contributed by atoms with Crippen molar-refractivity contribution in [3.8, 4) is 22.6 Å². The summed E-state index contributed by atoms with van der Waals surface area (Å²) in [6, 6.07) is 14.3. The Morgan fingerprint density at radius 3 is 2.87 bits per heavy atom. The van der Waals surface area contributed by atoms with Crippen molar-refractivity contribution in [2.75, 3.05) is 7.11 Å². The second-order valence-corrected chi connectivity index (χ2v) is 8.45. The fourth-order valence-corrected chi connectivity index (χ4v) is 5.25. The number of aromatic nitrogens is 4. The quantitative estimate of drug-likeness (QED) is 0.441. The van der Waals surface area contributed by atoms with Gasteiger partial charge < -0.3 is 9.30 Å². The van der Waals surface area contributed by atoms with Crippen molar-refractivity contribution in [2.24, 2.45) is 0 Å². The highest BCUT2D eigenvalue weighted by Crippen LogP contribution is 2.52. The summed E-state index contributed by atoms with van der Waals surface area (Å²) in [5.74, 6) is 1.33. The Labute approximate surface area is 179 Å². The molecule has 0 N–H and O–H groups in total. The monoisotopic (exact) mass is 410 g/mol. The van der Waals surface area contributed by atoms with Gasteiger partial charge in [0.15, 0.2) is 0 Å². The number of carbonyl (C=O) groups excluding carboxylic acids is 1. The second-order valence-electron chi connectivity index (χ2n) is 8.45. The molecule has 1 aliphatic heterocycles. The van der Waals surface area contributed by atoms with E-state index in [4.69, 9.17) is 14.7 Å². The van der Waals surface area contributed by atoms with E-state index in [9.17, 15) is 4.79 Å². The first kappa shape index (κ1) is 18.2. The molecule has 4 heterocycles. The molecule has 0 saturated heterocycles. The third-order valence-electron chi connectivity index (χ3n) is 6.62. The Kier molecular flexibility index (Phi) is 3.96. The van der Waals surface area contributed by atoms with Gasteiger partial charge >= 0.3 is 5.97 Å². The van der Waals surface area contributed by atoms with E-state index in [0.29, 0.717) is 17.5 Å². The molecule has 2 atom stereocenters. The van der Waals surface area contributed by atoms with E-state index in [1.54, 1.807) is 12.3 Å². The van der Waals surface area contributed by atoms with Crippen LogP contribution in [0.1, 0.15) is 53.1 Å². The van der Waals surface area contributed by atoms with Gasteiger partial charge in [-0.25, -0.2) is 9.78 Å².